The molecule has 2 aliphatic rings. The summed E-state index contributed by atoms with van der Waals surface area (Å²) in [5.41, 5.74) is 1.48. The molecule has 1 fully saturated rings. The van der Waals surface area contributed by atoms with Gasteiger partial charge in [-0.25, -0.2) is 0 Å². The van der Waals surface area contributed by atoms with E-state index in [0.29, 0.717) is 12.4 Å². The van der Waals surface area contributed by atoms with Crippen molar-refractivity contribution >= 4 is 6.47 Å². The molecule has 0 amide bonds. The highest BCUT2D eigenvalue weighted by Crippen LogP contribution is 2.40. The number of carbonyl (C=O) groups excluding carboxylic acids is 1. The topological polar surface area (TPSA) is 26.3 Å². The third-order valence-electron chi connectivity index (χ3n) is 2.45. The highest BCUT2D eigenvalue weighted by Gasteiger charge is 2.35. The molecule has 2 nitrogen and oxygen atoms in total. The quantitative estimate of drug-likeness (QED) is 0.424. The predicted octanol–water partition coefficient (Wildman–Crippen LogP) is 1.27. The summed E-state index contributed by atoms with van der Waals surface area (Å²) in [5, 5.41) is 0. The molecule has 2 heteroatoms. The Bertz CT molecular complexity index is 184. The van der Waals surface area contributed by atoms with E-state index in [1.54, 1.807) is 0 Å². The maximum Gasteiger partial charge on any atom is 0.293 e. The SMILES string of the molecule is O=COC1CC2=CCC1C2. The summed E-state index contributed by atoms with van der Waals surface area (Å²) in [4.78, 5) is 10.00. The summed E-state index contributed by atoms with van der Waals surface area (Å²) in [6.45, 7) is 0.575. The van der Waals surface area contributed by atoms with Crippen LogP contribution in [0.25, 0.3) is 0 Å². The van der Waals surface area contributed by atoms with Crippen molar-refractivity contribution in [2.75, 3.05) is 0 Å². The highest BCUT2D eigenvalue weighted by molar-refractivity contribution is 5.38. The second-order valence-electron chi connectivity index (χ2n) is 3.04. The first-order chi connectivity index (χ1) is 4.90. The molecule has 0 saturated heterocycles. The van der Waals surface area contributed by atoms with Gasteiger partial charge in [0.15, 0.2) is 0 Å². The fourth-order valence-electron chi connectivity index (χ4n) is 1.93. The Balaban J connectivity index is 2.03. The van der Waals surface area contributed by atoms with E-state index in [2.05, 4.69) is 6.08 Å². The summed E-state index contributed by atoms with van der Waals surface area (Å²) >= 11 is 0. The molecule has 0 spiro atoms. The molecular weight excluding hydrogens is 128 g/mol. The van der Waals surface area contributed by atoms with Crippen molar-refractivity contribution < 1.29 is 9.53 Å². The molecule has 2 unspecified atom stereocenters. The van der Waals surface area contributed by atoms with Gasteiger partial charge in [0.2, 0.25) is 0 Å². The van der Waals surface area contributed by atoms with Gasteiger partial charge in [-0.05, 0) is 12.8 Å². The molecule has 0 aromatic carbocycles. The second-order valence-corrected chi connectivity index (χ2v) is 3.04. The molecular formula is C8H10O2. The van der Waals surface area contributed by atoms with Crippen molar-refractivity contribution in [1.29, 1.82) is 0 Å². The Kier molecular flexibility index (Phi) is 1.26. The number of carbonyl (C=O) groups is 1. The Morgan fingerprint density at radius 3 is 3.00 bits per heavy atom. The van der Waals surface area contributed by atoms with Gasteiger partial charge >= 0.3 is 0 Å². The van der Waals surface area contributed by atoms with Crippen LogP contribution in [-0.2, 0) is 9.53 Å². The molecule has 2 bridgehead atoms. The Labute approximate surface area is 59.9 Å². The number of allylic oxidation sites excluding steroid dienone is 1. The molecule has 10 heavy (non-hydrogen) atoms. The molecule has 0 heterocycles. The summed E-state index contributed by atoms with van der Waals surface area (Å²) in [6, 6.07) is 0. The summed E-state index contributed by atoms with van der Waals surface area (Å²) < 4.78 is 4.92. The monoisotopic (exact) mass is 138 g/mol. The first kappa shape index (κ1) is 5.96. The zero-order valence-electron chi connectivity index (χ0n) is 5.75. The van der Waals surface area contributed by atoms with Crippen LogP contribution in [0.2, 0.25) is 0 Å². The lowest BCUT2D eigenvalue weighted by Gasteiger charge is -2.15. The van der Waals surface area contributed by atoms with Crippen molar-refractivity contribution in [1.82, 2.24) is 0 Å². The Morgan fingerprint density at radius 1 is 1.60 bits per heavy atom. The van der Waals surface area contributed by atoms with E-state index in [9.17, 15) is 4.79 Å². The third kappa shape index (κ3) is 0.753. The van der Waals surface area contributed by atoms with Gasteiger partial charge < -0.3 is 4.74 Å². The summed E-state index contributed by atoms with van der Waals surface area (Å²) in [6.07, 6.45) is 5.75. The summed E-state index contributed by atoms with van der Waals surface area (Å²) in [7, 11) is 0. The van der Waals surface area contributed by atoms with Crippen molar-refractivity contribution in [2.45, 2.75) is 25.4 Å². The minimum absolute atomic E-state index is 0.206. The average Bonchev–Trinajstić information content (AvgIpc) is 2.48. The molecule has 0 radical (unpaired) electrons. The van der Waals surface area contributed by atoms with Crippen LogP contribution in [0, 0.1) is 5.92 Å². The lowest BCUT2D eigenvalue weighted by atomic mass is 10.0. The number of rotatable bonds is 2. The molecule has 0 aromatic rings. The van der Waals surface area contributed by atoms with Crippen LogP contribution >= 0.6 is 0 Å². The largest absolute Gasteiger partial charge is 0.464 e. The van der Waals surface area contributed by atoms with E-state index in [1.807, 2.05) is 0 Å². The van der Waals surface area contributed by atoms with Crippen molar-refractivity contribution in [3.63, 3.8) is 0 Å². The van der Waals surface area contributed by atoms with Crippen LogP contribution in [0.1, 0.15) is 19.3 Å². The molecule has 0 aliphatic heterocycles. The Morgan fingerprint density at radius 2 is 2.50 bits per heavy atom. The molecule has 1 saturated carbocycles. The minimum atomic E-state index is 0.206. The number of hydrogen-bond acceptors (Lipinski definition) is 2. The van der Waals surface area contributed by atoms with Gasteiger partial charge in [-0.3, -0.25) is 4.79 Å². The number of ether oxygens (including phenoxy) is 1. The predicted molar refractivity (Wildman–Crippen MR) is 36.4 cm³/mol. The first-order valence-electron chi connectivity index (χ1n) is 3.67. The highest BCUT2D eigenvalue weighted by atomic mass is 16.5. The second kappa shape index (κ2) is 2.11. The Hall–Kier alpha value is -0.790. The average molecular weight is 138 g/mol. The van der Waals surface area contributed by atoms with Gasteiger partial charge in [0, 0.05) is 12.3 Å². The van der Waals surface area contributed by atoms with Gasteiger partial charge in [-0.15, -0.1) is 0 Å². The van der Waals surface area contributed by atoms with Gasteiger partial charge in [0.05, 0.1) is 0 Å². The standard InChI is InChI=1S/C8H10O2/c9-5-10-8-4-6-1-2-7(8)3-6/h1,5,7-8H,2-4H2. The van der Waals surface area contributed by atoms with Gasteiger partial charge in [-0.1, -0.05) is 11.6 Å². The lowest BCUT2D eigenvalue weighted by molar-refractivity contribution is -0.135. The number of fused-ring (bicyclic) bond motifs is 2. The van der Waals surface area contributed by atoms with E-state index in [1.165, 1.54) is 12.0 Å². The van der Waals surface area contributed by atoms with Gasteiger partial charge in [0.1, 0.15) is 6.10 Å². The molecule has 2 rings (SSSR count). The smallest absolute Gasteiger partial charge is 0.293 e. The molecule has 2 atom stereocenters. The van der Waals surface area contributed by atoms with Crippen molar-refractivity contribution in [3.8, 4) is 0 Å². The zero-order chi connectivity index (χ0) is 6.97. The third-order valence-corrected chi connectivity index (χ3v) is 2.45. The van der Waals surface area contributed by atoms with Crippen LogP contribution in [0.15, 0.2) is 11.6 Å². The molecule has 2 aliphatic carbocycles. The fraction of sp³-hybridized carbons (Fsp3) is 0.625. The van der Waals surface area contributed by atoms with E-state index in [-0.39, 0.29) is 6.10 Å². The maximum atomic E-state index is 10.00. The van der Waals surface area contributed by atoms with Crippen molar-refractivity contribution in [3.05, 3.63) is 11.6 Å². The minimum Gasteiger partial charge on any atom is -0.464 e. The van der Waals surface area contributed by atoms with Gasteiger partial charge in [0.25, 0.3) is 6.47 Å². The summed E-state index contributed by atoms with van der Waals surface area (Å²) in [5.74, 6) is 0.611. The normalized spacial score (nSPS) is 35.8. The lowest BCUT2D eigenvalue weighted by Crippen LogP contribution is -2.17. The molecule has 0 N–H and O–H groups in total. The van der Waals surface area contributed by atoms with E-state index in [0.717, 1.165) is 12.8 Å². The zero-order valence-corrected chi connectivity index (χ0v) is 5.75. The van der Waals surface area contributed by atoms with Crippen LogP contribution in [-0.4, -0.2) is 12.6 Å². The van der Waals surface area contributed by atoms with E-state index < -0.39 is 0 Å². The first-order valence-corrected chi connectivity index (χ1v) is 3.67. The van der Waals surface area contributed by atoms with Crippen LogP contribution in [0.3, 0.4) is 0 Å². The van der Waals surface area contributed by atoms with Crippen LogP contribution in [0.4, 0.5) is 0 Å². The van der Waals surface area contributed by atoms with Crippen LogP contribution < -0.4 is 0 Å². The van der Waals surface area contributed by atoms with E-state index in [4.69, 9.17) is 4.74 Å². The fourth-order valence-corrected chi connectivity index (χ4v) is 1.93. The molecule has 54 valence electrons. The van der Waals surface area contributed by atoms with Crippen molar-refractivity contribution in [2.24, 2.45) is 5.92 Å². The van der Waals surface area contributed by atoms with E-state index >= 15 is 0 Å². The molecule has 0 aromatic heterocycles. The maximum absolute atomic E-state index is 10.00. The van der Waals surface area contributed by atoms with Gasteiger partial charge in [-0.2, -0.15) is 0 Å². The van der Waals surface area contributed by atoms with Crippen LogP contribution in [0.5, 0.6) is 0 Å². The number of hydrogen-bond donors (Lipinski definition) is 0.